The lowest BCUT2D eigenvalue weighted by Crippen LogP contribution is -2.47. The van der Waals surface area contributed by atoms with Crippen LogP contribution in [0.3, 0.4) is 0 Å². The molecular formula is C15H19ClN2O3S. The van der Waals surface area contributed by atoms with Crippen LogP contribution in [0.2, 0.25) is 5.02 Å². The molecule has 0 bridgehead atoms. The summed E-state index contributed by atoms with van der Waals surface area (Å²) in [6.07, 6.45) is 0.865. The Balaban J connectivity index is 1.92. The SMILES string of the molecule is COC1(CNC(=O)C(=O)Nc2cccc(Cl)c2C)CCSC1. The highest BCUT2D eigenvalue weighted by atomic mass is 35.5. The monoisotopic (exact) mass is 342 g/mol. The molecule has 1 aromatic rings. The van der Waals surface area contributed by atoms with E-state index in [2.05, 4.69) is 10.6 Å². The number of nitrogens with one attached hydrogen (secondary N) is 2. The van der Waals surface area contributed by atoms with Gasteiger partial charge in [-0.1, -0.05) is 17.7 Å². The van der Waals surface area contributed by atoms with E-state index in [1.54, 1.807) is 44.0 Å². The summed E-state index contributed by atoms with van der Waals surface area (Å²) < 4.78 is 5.50. The first kappa shape index (κ1) is 17.1. The number of hydrogen-bond donors (Lipinski definition) is 2. The average Bonchev–Trinajstić information content (AvgIpc) is 2.99. The highest BCUT2D eigenvalue weighted by Gasteiger charge is 2.35. The molecule has 1 heterocycles. The number of amides is 2. The van der Waals surface area contributed by atoms with Gasteiger partial charge in [0.15, 0.2) is 0 Å². The maximum Gasteiger partial charge on any atom is 0.313 e. The van der Waals surface area contributed by atoms with Crippen LogP contribution in [0.1, 0.15) is 12.0 Å². The van der Waals surface area contributed by atoms with E-state index in [0.717, 1.165) is 23.5 Å². The summed E-state index contributed by atoms with van der Waals surface area (Å²) >= 11 is 7.77. The molecule has 0 saturated carbocycles. The molecule has 5 nitrogen and oxygen atoms in total. The fourth-order valence-corrected chi connectivity index (χ4v) is 3.78. The van der Waals surface area contributed by atoms with Crippen molar-refractivity contribution < 1.29 is 14.3 Å². The minimum atomic E-state index is -0.706. The van der Waals surface area contributed by atoms with Crippen molar-refractivity contribution >= 4 is 40.9 Å². The molecule has 1 fully saturated rings. The van der Waals surface area contributed by atoms with Gasteiger partial charge < -0.3 is 15.4 Å². The number of carbonyl (C=O) groups is 2. The van der Waals surface area contributed by atoms with Crippen molar-refractivity contribution in [2.24, 2.45) is 0 Å². The Kier molecular flexibility index (Phi) is 5.72. The minimum absolute atomic E-state index is 0.331. The number of ether oxygens (including phenoxy) is 1. The summed E-state index contributed by atoms with van der Waals surface area (Å²) in [6, 6.07) is 5.15. The third-order valence-corrected chi connectivity index (χ3v) is 5.43. The lowest BCUT2D eigenvalue weighted by Gasteiger charge is -2.26. The summed E-state index contributed by atoms with van der Waals surface area (Å²) in [6.45, 7) is 2.11. The average molecular weight is 343 g/mol. The van der Waals surface area contributed by atoms with Crippen LogP contribution >= 0.6 is 23.4 Å². The van der Waals surface area contributed by atoms with Crippen molar-refractivity contribution in [1.29, 1.82) is 0 Å². The first-order valence-electron chi connectivity index (χ1n) is 6.95. The van der Waals surface area contributed by atoms with E-state index in [-0.39, 0.29) is 5.60 Å². The largest absolute Gasteiger partial charge is 0.376 e. The Morgan fingerprint density at radius 1 is 1.41 bits per heavy atom. The normalized spacial score (nSPS) is 20.7. The van der Waals surface area contributed by atoms with Crippen molar-refractivity contribution in [1.82, 2.24) is 5.32 Å². The van der Waals surface area contributed by atoms with E-state index in [9.17, 15) is 9.59 Å². The molecule has 2 rings (SSSR count). The maximum absolute atomic E-state index is 12.0. The second-order valence-electron chi connectivity index (χ2n) is 5.24. The van der Waals surface area contributed by atoms with E-state index in [1.165, 1.54) is 0 Å². The zero-order valence-electron chi connectivity index (χ0n) is 12.6. The molecule has 120 valence electrons. The minimum Gasteiger partial charge on any atom is -0.376 e. The van der Waals surface area contributed by atoms with Crippen LogP contribution in [-0.4, -0.2) is 42.6 Å². The van der Waals surface area contributed by atoms with Gasteiger partial charge in [0.05, 0.1) is 5.60 Å². The van der Waals surface area contributed by atoms with Crippen LogP contribution in [-0.2, 0) is 14.3 Å². The van der Waals surface area contributed by atoms with Crippen LogP contribution in [0.15, 0.2) is 18.2 Å². The molecule has 1 atom stereocenters. The van der Waals surface area contributed by atoms with Crippen LogP contribution in [0.4, 0.5) is 5.69 Å². The van der Waals surface area contributed by atoms with Crippen molar-refractivity contribution in [2.75, 3.05) is 30.5 Å². The van der Waals surface area contributed by atoms with Crippen LogP contribution in [0.25, 0.3) is 0 Å². The number of thioether (sulfide) groups is 1. The Hall–Kier alpha value is -1.24. The standard InChI is InChI=1S/C15H19ClN2O3S/c1-10-11(16)4-3-5-12(10)18-14(20)13(19)17-8-15(21-2)6-7-22-9-15/h3-5H,6-9H2,1-2H3,(H,17,19)(H,18,20). The van der Waals surface area contributed by atoms with Crippen molar-refractivity contribution in [2.45, 2.75) is 18.9 Å². The lowest BCUT2D eigenvalue weighted by atomic mass is 10.0. The van der Waals surface area contributed by atoms with Gasteiger partial charge in [0.1, 0.15) is 0 Å². The zero-order valence-corrected chi connectivity index (χ0v) is 14.1. The highest BCUT2D eigenvalue weighted by Crippen LogP contribution is 2.30. The number of rotatable bonds is 4. The number of hydrogen-bond acceptors (Lipinski definition) is 4. The van der Waals surface area contributed by atoms with E-state index < -0.39 is 11.8 Å². The quantitative estimate of drug-likeness (QED) is 0.823. The van der Waals surface area contributed by atoms with Gasteiger partial charge in [-0.2, -0.15) is 11.8 Å². The van der Waals surface area contributed by atoms with E-state index >= 15 is 0 Å². The molecule has 0 spiro atoms. The van der Waals surface area contributed by atoms with E-state index in [0.29, 0.717) is 17.3 Å². The number of carbonyl (C=O) groups excluding carboxylic acids is 2. The van der Waals surface area contributed by atoms with Gasteiger partial charge in [-0.25, -0.2) is 0 Å². The number of methoxy groups -OCH3 is 1. The topological polar surface area (TPSA) is 67.4 Å². The van der Waals surface area contributed by atoms with Gasteiger partial charge >= 0.3 is 11.8 Å². The summed E-state index contributed by atoms with van der Waals surface area (Å²) in [7, 11) is 1.63. The Morgan fingerprint density at radius 3 is 2.82 bits per heavy atom. The van der Waals surface area contributed by atoms with Gasteiger partial charge in [0, 0.05) is 30.1 Å². The van der Waals surface area contributed by atoms with Gasteiger partial charge in [0.2, 0.25) is 0 Å². The molecule has 0 aromatic heterocycles. The van der Waals surface area contributed by atoms with Gasteiger partial charge in [0.25, 0.3) is 0 Å². The molecule has 1 saturated heterocycles. The Bertz CT molecular complexity index is 574. The summed E-state index contributed by atoms with van der Waals surface area (Å²) in [5.74, 6) is 0.436. The third-order valence-electron chi connectivity index (χ3n) is 3.79. The molecule has 2 amide bonds. The second kappa shape index (κ2) is 7.35. The third kappa shape index (κ3) is 3.94. The van der Waals surface area contributed by atoms with Crippen molar-refractivity contribution in [3.05, 3.63) is 28.8 Å². The fraction of sp³-hybridized carbons (Fsp3) is 0.467. The maximum atomic E-state index is 12.0. The fourth-order valence-electron chi connectivity index (χ4n) is 2.20. The van der Waals surface area contributed by atoms with Crippen LogP contribution < -0.4 is 10.6 Å². The lowest BCUT2D eigenvalue weighted by molar-refractivity contribution is -0.136. The summed E-state index contributed by atoms with van der Waals surface area (Å²) in [5, 5.41) is 5.76. The summed E-state index contributed by atoms with van der Waals surface area (Å²) in [4.78, 5) is 23.9. The number of anilines is 1. The molecule has 22 heavy (non-hydrogen) atoms. The first-order valence-corrected chi connectivity index (χ1v) is 8.48. The molecule has 2 N–H and O–H groups in total. The van der Waals surface area contributed by atoms with Gasteiger partial charge in [-0.3, -0.25) is 9.59 Å². The Labute approximate surface area is 139 Å². The zero-order chi connectivity index (χ0) is 16.2. The number of halogens is 1. The molecule has 1 aliphatic rings. The summed E-state index contributed by atoms with van der Waals surface area (Å²) in [5.41, 5.74) is 0.892. The van der Waals surface area contributed by atoms with Crippen LogP contribution in [0, 0.1) is 6.92 Å². The Morgan fingerprint density at radius 2 is 2.18 bits per heavy atom. The second-order valence-corrected chi connectivity index (χ2v) is 6.75. The molecule has 1 aliphatic heterocycles. The van der Waals surface area contributed by atoms with Crippen molar-refractivity contribution in [3.63, 3.8) is 0 Å². The van der Waals surface area contributed by atoms with Gasteiger partial charge in [-0.05, 0) is 36.8 Å². The van der Waals surface area contributed by atoms with Crippen molar-refractivity contribution in [3.8, 4) is 0 Å². The van der Waals surface area contributed by atoms with Gasteiger partial charge in [-0.15, -0.1) is 0 Å². The highest BCUT2D eigenvalue weighted by molar-refractivity contribution is 7.99. The number of benzene rings is 1. The molecule has 1 unspecified atom stereocenters. The predicted molar refractivity (Wildman–Crippen MR) is 89.5 cm³/mol. The molecule has 7 heteroatoms. The first-order chi connectivity index (χ1) is 10.5. The van der Waals surface area contributed by atoms with Crippen LogP contribution in [0.5, 0.6) is 0 Å². The predicted octanol–water partition coefficient (Wildman–Crippen LogP) is 2.23. The van der Waals surface area contributed by atoms with E-state index in [1.807, 2.05) is 0 Å². The smallest absolute Gasteiger partial charge is 0.313 e. The molecule has 1 aromatic carbocycles. The molecule has 0 aliphatic carbocycles. The molecule has 0 radical (unpaired) electrons. The molecular weight excluding hydrogens is 324 g/mol. The van der Waals surface area contributed by atoms with E-state index in [4.69, 9.17) is 16.3 Å².